The number of carbonyl (C=O) groups excluding carboxylic acids is 1. The van der Waals surface area contributed by atoms with Crippen LogP contribution in [0.15, 0.2) is 40.3 Å². The predicted molar refractivity (Wildman–Crippen MR) is 80.5 cm³/mol. The Morgan fingerprint density at radius 1 is 1.55 bits per heavy atom. The van der Waals surface area contributed by atoms with Crippen molar-refractivity contribution in [2.75, 3.05) is 6.54 Å². The Labute approximate surface area is 122 Å². The lowest BCUT2D eigenvalue weighted by molar-refractivity contribution is -0.128. The molecule has 4 heteroatoms. The van der Waals surface area contributed by atoms with Gasteiger partial charge in [-0.2, -0.15) is 0 Å². The Morgan fingerprint density at radius 3 is 3.20 bits per heavy atom. The Bertz CT molecular complexity index is 612. The summed E-state index contributed by atoms with van der Waals surface area (Å²) in [7, 11) is 0. The van der Waals surface area contributed by atoms with E-state index in [0.717, 1.165) is 19.4 Å². The molecule has 1 aliphatic heterocycles. The Kier molecular flexibility index (Phi) is 3.74. The van der Waals surface area contributed by atoms with Gasteiger partial charge in [0.25, 0.3) is 0 Å². The minimum Gasteiger partial charge on any atom is -0.465 e. The molecule has 0 saturated heterocycles. The molecule has 0 radical (unpaired) electrons. The van der Waals surface area contributed by atoms with Crippen LogP contribution in [0.3, 0.4) is 0 Å². The lowest BCUT2D eigenvalue weighted by Gasteiger charge is -2.34. The molecule has 0 N–H and O–H groups in total. The molecule has 3 rings (SSSR count). The van der Waals surface area contributed by atoms with Crippen LogP contribution in [0.1, 0.15) is 35.6 Å². The summed E-state index contributed by atoms with van der Waals surface area (Å²) in [5.74, 6) is 0.768. The number of rotatable bonds is 3. The first-order valence-corrected chi connectivity index (χ1v) is 7.76. The van der Waals surface area contributed by atoms with Gasteiger partial charge >= 0.3 is 0 Å². The molecule has 0 aliphatic carbocycles. The molecule has 3 nitrogen and oxygen atoms in total. The monoisotopic (exact) mass is 287 g/mol. The first kappa shape index (κ1) is 13.2. The van der Waals surface area contributed by atoms with Crippen molar-refractivity contribution in [3.63, 3.8) is 0 Å². The average Bonchev–Trinajstić information content (AvgIpc) is 3.14. The highest BCUT2D eigenvalue weighted by molar-refractivity contribution is 7.10. The summed E-state index contributed by atoms with van der Waals surface area (Å²) < 4.78 is 5.21. The second-order valence-electron chi connectivity index (χ2n) is 4.85. The molecule has 1 unspecified atom stereocenters. The first-order valence-electron chi connectivity index (χ1n) is 6.88. The van der Waals surface area contributed by atoms with Crippen LogP contribution in [0.2, 0.25) is 0 Å². The van der Waals surface area contributed by atoms with Crippen LogP contribution in [0.4, 0.5) is 0 Å². The first-order chi connectivity index (χ1) is 9.79. The summed E-state index contributed by atoms with van der Waals surface area (Å²) in [6, 6.07) is 6.02. The number of nitrogens with zero attached hydrogens (tertiary/aromatic N) is 1. The van der Waals surface area contributed by atoms with Gasteiger partial charge in [0.1, 0.15) is 5.76 Å². The maximum absolute atomic E-state index is 12.4. The topological polar surface area (TPSA) is 33.5 Å². The van der Waals surface area contributed by atoms with Crippen molar-refractivity contribution in [1.82, 2.24) is 4.90 Å². The molecule has 2 aromatic rings. The third kappa shape index (κ3) is 2.43. The quantitative estimate of drug-likeness (QED) is 0.802. The molecule has 0 saturated carbocycles. The van der Waals surface area contributed by atoms with Crippen LogP contribution in [-0.2, 0) is 11.2 Å². The normalized spacial score (nSPS) is 18.4. The highest BCUT2D eigenvalue weighted by Crippen LogP contribution is 2.35. The average molecular weight is 287 g/mol. The summed E-state index contributed by atoms with van der Waals surface area (Å²) in [4.78, 5) is 15.8. The zero-order valence-corrected chi connectivity index (χ0v) is 12.2. The number of hydrogen-bond acceptors (Lipinski definition) is 3. The van der Waals surface area contributed by atoms with Gasteiger partial charge in [0.05, 0.1) is 12.3 Å². The zero-order chi connectivity index (χ0) is 13.9. The molecule has 20 heavy (non-hydrogen) atoms. The largest absolute Gasteiger partial charge is 0.465 e. The van der Waals surface area contributed by atoms with Crippen molar-refractivity contribution in [2.24, 2.45) is 0 Å². The van der Waals surface area contributed by atoms with E-state index in [1.807, 2.05) is 17.0 Å². The molecule has 2 aromatic heterocycles. The van der Waals surface area contributed by atoms with Gasteiger partial charge in [0.15, 0.2) is 0 Å². The standard InChI is InChI=1S/C16H17NO2S/c1-2-14-13-8-11-20-15(13)7-9-17(14)16(18)6-5-12-4-3-10-19-12/h3-6,8,10-11,14H,2,7,9H2,1H3/b6-5+. The summed E-state index contributed by atoms with van der Waals surface area (Å²) in [6.45, 7) is 2.93. The van der Waals surface area contributed by atoms with Crippen molar-refractivity contribution in [3.8, 4) is 0 Å². The molecule has 1 amide bonds. The third-order valence-electron chi connectivity index (χ3n) is 3.70. The number of hydrogen-bond donors (Lipinski definition) is 0. The smallest absolute Gasteiger partial charge is 0.247 e. The van der Waals surface area contributed by atoms with Crippen LogP contribution >= 0.6 is 11.3 Å². The van der Waals surface area contributed by atoms with Crippen molar-refractivity contribution < 1.29 is 9.21 Å². The van der Waals surface area contributed by atoms with Gasteiger partial charge in [-0.1, -0.05) is 6.92 Å². The minimum atomic E-state index is 0.0603. The van der Waals surface area contributed by atoms with E-state index in [0.29, 0.717) is 5.76 Å². The number of furan rings is 1. The lowest BCUT2D eigenvalue weighted by atomic mass is 9.97. The van der Waals surface area contributed by atoms with E-state index in [2.05, 4.69) is 18.4 Å². The van der Waals surface area contributed by atoms with Gasteiger partial charge in [0.2, 0.25) is 5.91 Å². The number of carbonyl (C=O) groups is 1. The minimum absolute atomic E-state index is 0.0603. The Balaban J connectivity index is 1.78. The van der Waals surface area contributed by atoms with Crippen LogP contribution in [0.5, 0.6) is 0 Å². The van der Waals surface area contributed by atoms with Crippen LogP contribution in [-0.4, -0.2) is 17.4 Å². The molecule has 1 atom stereocenters. The van der Waals surface area contributed by atoms with Crippen LogP contribution < -0.4 is 0 Å². The SMILES string of the molecule is CCC1c2ccsc2CCN1C(=O)/C=C/c1ccco1. The molecule has 0 bridgehead atoms. The van der Waals surface area contributed by atoms with Crippen molar-refractivity contribution >= 4 is 23.3 Å². The van der Waals surface area contributed by atoms with Crippen molar-refractivity contribution in [3.05, 3.63) is 52.1 Å². The van der Waals surface area contributed by atoms with Gasteiger partial charge < -0.3 is 9.32 Å². The van der Waals surface area contributed by atoms with E-state index in [9.17, 15) is 4.79 Å². The molecular weight excluding hydrogens is 270 g/mol. The zero-order valence-electron chi connectivity index (χ0n) is 11.4. The van der Waals surface area contributed by atoms with Crippen LogP contribution in [0, 0.1) is 0 Å². The number of fused-ring (bicyclic) bond motifs is 1. The van der Waals surface area contributed by atoms with Gasteiger partial charge in [0, 0.05) is 17.5 Å². The molecule has 0 spiro atoms. The summed E-state index contributed by atoms with van der Waals surface area (Å²) >= 11 is 1.80. The Hall–Kier alpha value is -1.81. The van der Waals surface area contributed by atoms with Gasteiger partial charge in [-0.25, -0.2) is 0 Å². The van der Waals surface area contributed by atoms with E-state index in [1.165, 1.54) is 10.4 Å². The number of amides is 1. The van der Waals surface area contributed by atoms with Crippen LogP contribution in [0.25, 0.3) is 6.08 Å². The van der Waals surface area contributed by atoms with Gasteiger partial charge in [-0.3, -0.25) is 4.79 Å². The predicted octanol–water partition coefficient (Wildman–Crippen LogP) is 3.89. The molecule has 0 fully saturated rings. The van der Waals surface area contributed by atoms with Gasteiger partial charge in [-0.15, -0.1) is 11.3 Å². The second kappa shape index (κ2) is 5.67. The van der Waals surface area contributed by atoms with E-state index in [4.69, 9.17) is 4.42 Å². The van der Waals surface area contributed by atoms with Gasteiger partial charge in [-0.05, 0) is 48.1 Å². The molecule has 104 valence electrons. The third-order valence-corrected chi connectivity index (χ3v) is 4.69. The molecular formula is C16H17NO2S. The van der Waals surface area contributed by atoms with E-state index in [-0.39, 0.29) is 11.9 Å². The maximum Gasteiger partial charge on any atom is 0.247 e. The molecule has 1 aliphatic rings. The summed E-state index contributed by atoms with van der Waals surface area (Å²) in [6.07, 6.45) is 6.86. The lowest BCUT2D eigenvalue weighted by Crippen LogP contribution is -2.38. The fourth-order valence-electron chi connectivity index (χ4n) is 2.74. The fourth-order valence-corrected chi connectivity index (χ4v) is 3.66. The highest BCUT2D eigenvalue weighted by Gasteiger charge is 2.29. The van der Waals surface area contributed by atoms with Crippen molar-refractivity contribution in [1.29, 1.82) is 0 Å². The fraction of sp³-hybridized carbons (Fsp3) is 0.312. The molecule has 0 aromatic carbocycles. The van der Waals surface area contributed by atoms with E-state index in [1.54, 1.807) is 29.8 Å². The second-order valence-corrected chi connectivity index (χ2v) is 5.85. The summed E-state index contributed by atoms with van der Waals surface area (Å²) in [5.41, 5.74) is 1.32. The molecule has 3 heterocycles. The van der Waals surface area contributed by atoms with E-state index < -0.39 is 0 Å². The number of thiophene rings is 1. The maximum atomic E-state index is 12.4. The Morgan fingerprint density at radius 2 is 2.45 bits per heavy atom. The highest BCUT2D eigenvalue weighted by atomic mass is 32.1. The summed E-state index contributed by atoms with van der Waals surface area (Å²) in [5, 5.41) is 2.12. The van der Waals surface area contributed by atoms with Crippen molar-refractivity contribution in [2.45, 2.75) is 25.8 Å². The van der Waals surface area contributed by atoms with E-state index >= 15 is 0 Å².